The van der Waals surface area contributed by atoms with Crippen LogP contribution in [0.3, 0.4) is 0 Å². The maximum Gasteiger partial charge on any atom is 0.356 e. The van der Waals surface area contributed by atoms with Crippen molar-refractivity contribution in [2.45, 2.75) is 0 Å². The van der Waals surface area contributed by atoms with Crippen molar-refractivity contribution < 1.29 is 23.9 Å². The number of urea groups is 1. The number of nitrogens with one attached hydrogen (secondary N) is 2. The van der Waals surface area contributed by atoms with Crippen molar-refractivity contribution in [2.75, 3.05) is 0 Å². The molecule has 0 spiro atoms. The molecule has 1 aromatic heterocycles. The Morgan fingerprint density at radius 3 is 2.30 bits per heavy atom. The molecule has 4 N–H and O–H groups in total. The van der Waals surface area contributed by atoms with E-state index in [1.54, 1.807) is 35.0 Å². The van der Waals surface area contributed by atoms with Crippen LogP contribution in [0, 0.1) is 0 Å². The fourth-order valence-corrected chi connectivity index (χ4v) is 2.72. The van der Waals surface area contributed by atoms with Crippen molar-refractivity contribution in [3.05, 3.63) is 54.0 Å². The summed E-state index contributed by atoms with van der Waals surface area (Å²) >= 11 is 0. The van der Waals surface area contributed by atoms with E-state index in [1.165, 1.54) is 18.2 Å². The molecule has 1 saturated heterocycles. The molecule has 2 aromatic rings. The van der Waals surface area contributed by atoms with E-state index in [-0.39, 0.29) is 11.0 Å². The van der Waals surface area contributed by atoms with E-state index in [1.807, 2.05) is 0 Å². The molecule has 0 aliphatic carbocycles. The van der Waals surface area contributed by atoms with Crippen LogP contribution in [0.2, 0.25) is 0 Å². The van der Waals surface area contributed by atoms with Crippen molar-refractivity contribution in [1.82, 2.24) is 15.2 Å². The predicted molar refractivity (Wildman–Crippen MR) is 82.1 cm³/mol. The number of rotatable bonds is 3. The molecule has 0 radical (unpaired) electrons. The first-order valence-corrected chi connectivity index (χ1v) is 8.14. The van der Waals surface area contributed by atoms with Crippen molar-refractivity contribution in [3.8, 4) is 5.69 Å². The van der Waals surface area contributed by atoms with Gasteiger partial charge in [-0.3, -0.25) is 14.7 Å². The molecule has 1 aliphatic rings. The first-order valence-electron chi connectivity index (χ1n) is 6.52. The summed E-state index contributed by atoms with van der Waals surface area (Å²) in [7, 11) is -4.29. The summed E-state index contributed by atoms with van der Waals surface area (Å²) in [5, 5.41) is 4.43. The number of hydrogen-bond donors (Lipinski definition) is 4. The number of imide groups is 1. The topological polar surface area (TPSA) is 121 Å². The van der Waals surface area contributed by atoms with Gasteiger partial charge in [0.2, 0.25) is 0 Å². The Hall–Kier alpha value is -2.67. The minimum atomic E-state index is -4.29. The van der Waals surface area contributed by atoms with Gasteiger partial charge in [0.25, 0.3) is 5.91 Å². The zero-order valence-corrected chi connectivity index (χ0v) is 12.5. The summed E-state index contributed by atoms with van der Waals surface area (Å²) in [6, 6.07) is 8.71. The molecule has 0 atom stereocenters. The highest BCUT2D eigenvalue weighted by Crippen LogP contribution is 2.33. The van der Waals surface area contributed by atoms with Gasteiger partial charge in [0.05, 0.1) is 5.30 Å². The van der Waals surface area contributed by atoms with E-state index in [0.717, 1.165) is 0 Å². The third-order valence-corrected chi connectivity index (χ3v) is 4.23. The standard InChI is InChI=1S/C14H12N3O5P/c18-13-12(15-14(19)16-13)8-10-2-1-7-17(10)9-3-5-11(6-4-9)23(20,21)22/h1-8H,(H2,20,21,22)(H2,15,16,18,19)/b12-8-. The molecule has 1 fully saturated rings. The second-order valence-corrected chi connectivity index (χ2v) is 6.43. The molecule has 9 heteroatoms. The molecule has 3 rings (SSSR count). The van der Waals surface area contributed by atoms with Crippen LogP contribution in [-0.2, 0) is 9.36 Å². The third-order valence-electron chi connectivity index (χ3n) is 3.26. The van der Waals surface area contributed by atoms with Gasteiger partial charge in [-0.1, -0.05) is 0 Å². The summed E-state index contributed by atoms with van der Waals surface area (Å²) in [6.45, 7) is 0. The van der Waals surface area contributed by atoms with Gasteiger partial charge in [-0.25, -0.2) is 4.79 Å². The highest BCUT2D eigenvalue weighted by atomic mass is 31.2. The third kappa shape index (κ3) is 3.09. The number of hydrogen-bond acceptors (Lipinski definition) is 3. The monoisotopic (exact) mass is 333 g/mol. The highest BCUT2D eigenvalue weighted by Gasteiger charge is 2.23. The Kier molecular flexibility index (Phi) is 3.65. The number of benzene rings is 1. The lowest BCUT2D eigenvalue weighted by molar-refractivity contribution is -0.115. The lowest BCUT2D eigenvalue weighted by Gasteiger charge is -2.09. The molecule has 8 nitrogen and oxygen atoms in total. The average Bonchev–Trinajstić information content (AvgIpc) is 3.05. The molecule has 118 valence electrons. The van der Waals surface area contributed by atoms with Crippen LogP contribution in [-0.4, -0.2) is 26.3 Å². The van der Waals surface area contributed by atoms with Crippen LogP contribution in [0.15, 0.2) is 48.3 Å². The maximum atomic E-state index is 11.6. The van der Waals surface area contributed by atoms with Crippen LogP contribution in [0.1, 0.15) is 5.69 Å². The maximum absolute atomic E-state index is 11.6. The zero-order chi connectivity index (χ0) is 16.6. The lowest BCUT2D eigenvalue weighted by atomic mass is 10.3. The van der Waals surface area contributed by atoms with E-state index >= 15 is 0 Å². The fourth-order valence-electron chi connectivity index (χ4n) is 2.18. The largest absolute Gasteiger partial charge is 0.356 e. The number of aromatic nitrogens is 1. The van der Waals surface area contributed by atoms with E-state index < -0.39 is 19.5 Å². The summed E-state index contributed by atoms with van der Waals surface area (Å²) in [5.74, 6) is -0.514. The smallest absolute Gasteiger partial charge is 0.321 e. The first-order chi connectivity index (χ1) is 10.8. The molecular formula is C14H12N3O5P. The number of amides is 3. The Labute approximate surface area is 130 Å². The van der Waals surface area contributed by atoms with Crippen molar-refractivity contribution in [2.24, 2.45) is 0 Å². The second-order valence-electron chi connectivity index (χ2n) is 4.83. The number of carbonyl (C=O) groups excluding carboxylic acids is 2. The first kappa shape index (κ1) is 15.2. The highest BCUT2D eigenvalue weighted by molar-refractivity contribution is 7.60. The minimum Gasteiger partial charge on any atom is -0.321 e. The average molecular weight is 333 g/mol. The van der Waals surface area contributed by atoms with Crippen molar-refractivity contribution in [1.29, 1.82) is 0 Å². The summed E-state index contributed by atoms with van der Waals surface area (Å²) < 4.78 is 12.9. The van der Waals surface area contributed by atoms with Gasteiger partial charge in [0, 0.05) is 17.6 Å². The Balaban J connectivity index is 1.95. The van der Waals surface area contributed by atoms with Crippen molar-refractivity contribution in [3.63, 3.8) is 0 Å². The molecule has 0 bridgehead atoms. The molecular weight excluding hydrogens is 321 g/mol. The van der Waals surface area contributed by atoms with E-state index in [4.69, 9.17) is 9.79 Å². The molecule has 23 heavy (non-hydrogen) atoms. The van der Waals surface area contributed by atoms with Crippen LogP contribution in [0.25, 0.3) is 11.8 Å². The van der Waals surface area contributed by atoms with Gasteiger partial charge in [0.1, 0.15) is 5.70 Å². The Morgan fingerprint density at radius 2 is 1.74 bits per heavy atom. The lowest BCUT2D eigenvalue weighted by Crippen LogP contribution is -2.22. The Morgan fingerprint density at radius 1 is 1.04 bits per heavy atom. The summed E-state index contributed by atoms with van der Waals surface area (Å²) in [5.41, 5.74) is 1.41. The molecule has 1 aromatic carbocycles. The van der Waals surface area contributed by atoms with Gasteiger partial charge in [-0.05, 0) is 42.5 Å². The van der Waals surface area contributed by atoms with Crippen LogP contribution in [0.4, 0.5) is 4.79 Å². The van der Waals surface area contributed by atoms with Gasteiger partial charge in [-0.2, -0.15) is 0 Å². The van der Waals surface area contributed by atoms with E-state index in [2.05, 4.69) is 10.6 Å². The van der Waals surface area contributed by atoms with Gasteiger partial charge in [-0.15, -0.1) is 0 Å². The number of carbonyl (C=O) groups is 2. The van der Waals surface area contributed by atoms with E-state index in [0.29, 0.717) is 11.4 Å². The normalized spacial score (nSPS) is 16.5. The predicted octanol–water partition coefficient (Wildman–Crippen LogP) is 0.461. The summed E-state index contributed by atoms with van der Waals surface area (Å²) in [4.78, 5) is 40.9. The van der Waals surface area contributed by atoms with Crippen LogP contribution >= 0.6 is 7.60 Å². The van der Waals surface area contributed by atoms with Gasteiger partial charge in [0.15, 0.2) is 0 Å². The van der Waals surface area contributed by atoms with Crippen LogP contribution in [0.5, 0.6) is 0 Å². The van der Waals surface area contributed by atoms with E-state index in [9.17, 15) is 14.2 Å². The Bertz CT molecular complexity index is 863. The zero-order valence-electron chi connectivity index (χ0n) is 11.6. The SMILES string of the molecule is O=C1NC(=O)/C(=C/c2cccn2-c2ccc(P(=O)(O)O)cc2)N1. The molecule has 3 amide bonds. The van der Waals surface area contributed by atoms with Gasteiger partial charge >= 0.3 is 13.6 Å². The van der Waals surface area contributed by atoms with Crippen LogP contribution < -0.4 is 15.9 Å². The summed E-state index contributed by atoms with van der Waals surface area (Å²) in [6.07, 6.45) is 3.24. The second kappa shape index (κ2) is 5.51. The van der Waals surface area contributed by atoms with Crippen molar-refractivity contribution >= 4 is 30.9 Å². The minimum absolute atomic E-state index is 0.0734. The molecule has 1 aliphatic heterocycles. The molecule has 2 heterocycles. The van der Waals surface area contributed by atoms with Gasteiger partial charge < -0.3 is 19.7 Å². The molecule has 0 unspecified atom stereocenters. The fraction of sp³-hybridized carbons (Fsp3) is 0. The molecule has 0 saturated carbocycles. The quantitative estimate of drug-likeness (QED) is 0.369. The number of nitrogens with zero attached hydrogens (tertiary/aromatic N) is 1.